The highest BCUT2D eigenvalue weighted by atomic mass is 16.5. The summed E-state index contributed by atoms with van der Waals surface area (Å²) < 4.78 is 5.24. The van der Waals surface area contributed by atoms with Crippen LogP contribution >= 0.6 is 0 Å². The van der Waals surface area contributed by atoms with Gasteiger partial charge in [-0.05, 0) is 32.4 Å². The predicted molar refractivity (Wildman–Crippen MR) is 70.2 cm³/mol. The molecular formula is C13H22N2O. The third kappa shape index (κ3) is 2.60. The van der Waals surface area contributed by atoms with Crippen molar-refractivity contribution in [3.05, 3.63) is 18.2 Å². The first-order valence-corrected chi connectivity index (χ1v) is 5.80. The maximum absolute atomic E-state index is 6.10. The quantitative estimate of drug-likeness (QED) is 0.778. The summed E-state index contributed by atoms with van der Waals surface area (Å²) in [6, 6.07) is 6.36. The fourth-order valence-corrected chi connectivity index (χ4v) is 1.86. The van der Waals surface area contributed by atoms with Gasteiger partial charge in [-0.3, -0.25) is 0 Å². The molecule has 1 rings (SSSR count). The smallest absolute Gasteiger partial charge is 0.143 e. The molecule has 0 aliphatic heterocycles. The first-order chi connectivity index (χ1) is 7.61. The molecule has 2 N–H and O–H groups in total. The van der Waals surface area contributed by atoms with Gasteiger partial charge in [0, 0.05) is 12.6 Å². The van der Waals surface area contributed by atoms with Gasteiger partial charge >= 0.3 is 0 Å². The summed E-state index contributed by atoms with van der Waals surface area (Å²) in [6.07, 6.45) is 1.11. The SMILES string of the molecule is CCCN(c1cccc(OC)c1N)C(C)C. The summed E-state index contributed by atoms with van der Waals surface area (Å²) in [6.45, 7) is 7.53. The van der Waals surface area contributed by atoms with E-state index in [0.717, 1.165) is 30.1 Å². The lowest BCUT2D eigenvalue weighted by Gasteiger charge is -2.30. The summed E-state index contributed by atoms with van der Waals surface area (Å²) in [4.78, 5) is 2.30. The highest BCUT2D eigenvalue weighted by molar-refractivity contribution is 5.74. The molecule has 3 nitrogen and oxygen atoms in total. The van der Waals surface area contributed by atoms with Crippen LogP contribution in [0.3, 0.4) is 0 Å². The van der Waals surface area contributed by atoms with Crippen LogP contribution in [0.1, 0.15) is 27.2 Å². The molecular weight excluding hydrogens is 200 g/mol. The maximum Gasteiger partial charge on any atom is 0.143 e. The molecule has 16 heavy (non-hydrogen) atoms. The topological polar surface area (TPSA) is 38.5 Å². The number of hydrogen-bond acceptors (Lipinski definition) is 3. The average molecular weight is 222 g/mol. The molecule has 0 saturated heterocycles. The van der Waals surface area contributed by atoms with E-state index in [9.17, 15) is 0 Å². The van der Waals surface area contributed by atoms with E-state index in [1.165, 1.54) is 0 Å². The molecule has 90 valence electrons. The molecule has 0 atom stereocenters. The number of nitrogen functional groups attached to an aromatic ring is 1. The van der Waals surface area contributed by atoms with E-state index in [-0.39, 0.29) is 0 Å². The highest BCUT2D eigenvalue weighted by Crippen LogP contribution is 2.32. The number of ether oxygens (including phenoxy) is 1. The van der Waals surface area contributed by atoms with E-state index in [1.807, 2.05) is 18.2 Å². The summed E-state index contributed by atoms with van der Waals surface area (Å²) in [5.41, 5.74) is 7.89. The Morgan fingerprint density at radius 3 is 2.56 bits per heavy atom. The Balaban J connectivity index is 3.08. The van der Waals surface area contributed by atoms with Crippen LogP contribution in [-0.4, -0.2) is 19.7 Å². The van der Waals surface area contributed by atoms with Gasteiger partial charge in [-0.2, -0.15) is 0 Å². The van der Waals surface area contributed by atoms with Crippen LogP contribution in [-0.2, 0) is 0 Å². The number of rotatable bonds is 5. The molecule has 0 unspecified atom stereocenters. The number of para-hydroxylation sites is 1. The second-order valence-electron chi connectivity index (χ2n) is 4.18. The van der Waals surface area contributed by atoms with Crippen molar-refractivity contribution < 1.29 is 4.74 Å². The van der Waals surface area contributed by atoms with Gasteiger partial charge in [0.15, 0.2) is 0 Å². The van der Waals surface area contributed by atoms with Gasteiger partial charge in [-0.1, -0.05) is 13.0 Å². The van der Waals surface area contributed by atoms with Crippen LogP contribution in [0.5, 0.6) is 5.75 Å². The van der Waals surface area contributed by atoms with E-state index < -0.39 is 0 Å². The van der Waals surface area contributed by atoms with Gasteiger partial charge in [-0.25, -0.2) is 0 Å². The van der Waals surface area contributed by atoms with Crippen LogP contribution in [0, 0.1) is 0 Å². The van der Waals surface area contributed by atoms with Crippen molar-refractivity contribution in [2.45, 2.75) is 33.2 Å². The van der Waals surface area contributed by atoms with Crippen molar-refractivity contribution in [1.29, 1.82) is 0 Å². The van der Waals surface area contributed by atoms with E-state index in [4.69, 9.17) is 10.5 Å². The number of benzene rings is 1. The van der Waals surface area contributed by atoms with E-state index in [2.05, 4.69) is 25.7 Å². The van der Waals surface area contributed by atoms with E-state index >= 15 is 0 Å². The minimum atomic E-state index is 0.439. The molecule has 1 aromatic rings. The van der Waals surface area contributed by atoms with Crippen molar-refractivity contribution >= 4 is 11.4 Å². The largest absolute Gasteiger partial charge is 0.495 e. The molecule has 0 aliphatic carbocycles. The zero-order valence-corrected chi connectivity index (χ0v) is 10.7. The monoisotopic (exact) mass is 222 g/mol. The van der Waals surface area contributed by atoms with Crippen LogP contribution in [0.2, 0.25) is 0 Å². The lowest BCUT2D eigenvalue weighted by atomic mass is 10.2. The average Bonchev–Trinajstić information content (AvgIpc) is 2.26. The molecule has 0 spiro atoms. The van der Waals surface area contributed by atoms with Gasteiger partial charge < -0.3 is 15.4 Å². The van der Waals surface area contributed by atoms with Crippen LogP contribution in [0.15, 0.2) is 18.2 Å². The van der Waals surface area contributed by atoms with Gasteiger partial charge in [0.1, 0.15) is 5.75 Å². The second kappa shape index (κ2) is 5.64. The van der Waals surface area contributed by atoms with Crippen molar-refractivity contribution in [2.24, 2.45) is 0 Å². The lowest BCUT2D eigenvalue weighted by molar-refractivity contribution is 0.417. The Morgan fingerprint density at radius 1 is 1.38 bits per heavy atom. The van der Waals surface area contributed by atoms with E-state index in [0.29, 0.717) is 6.04 Å². The van der Waals surface area contributed by atoms with Crippen LogP contribution in [0.4, 0.5) is 11.4 Å². The Morgan fingerprint density at radius 2 is 2.06 bits per heavy atom. The van der Waals surface area contributed by atoms with Crippen molar-refractivity contribution in [2.75, 3.05) is 24.3 Å². The predicted octanol–water partition coefficient (Wildman–Crippen LogP) is 2.90. The molecule has 0 aromatic heterocycles. The fraction of sp³-hybridized carbons (Fsp3) is 0.538. The van der Waals surface area contributed by atoms with Crippen molar-refractivity contribution in [3.8, 4) is 5.75 Å². The Hall–Kier alpha value is -1.38. The summed E-state index contributed by atoms with van der Waals surface area (Å²) in [7, 11) is 1.65. The molecule has 0 aliphatic rings. The highest BCUT2D eigenvalue weighted by Gasteiger charge is 2.14. The summed E-state index contributed by atoms with van der Waals surface area (Å²) in [5.74, 6) is 0.749. The minimum absolute atomic E-state index is 0.439. The molecule has 0 saturated carbocycles. The normalized spacial score (nSPS) is 10.6. The lowest BCUT2D eigenvalue weighted by Crippen LogP contribution is -2.32. The molecule has 1 aromatic carbocycles. The molecule has 0 bridgehead atoms. The summed E-state index contributed by atoms with van der Waals surface area (Å²) in [5, 5.41) is 0. The minimum Gasteiger partial charge on any atom is -0.495 e. The first-order valence-electron chi connectivity index (χ1n) is 5.80. The first kappa shape index (κ1) is 12.7. The molecule has 0 fully saturated rings. The Bertz CT molecular complexity index is 337. The number of nitrogens with zero attached hydrogens (tertiary/aromatic N) is 1. The zero-order chi connectivity index (χ0) is 12.1. The Kier molecular flexibility index (Phi) is 4.47. The van der Waals surface area contributed by atoms with Gasteiger partial charge in [0.05, 0.1) is 18.5 Å². The second-order valence-corrected chi connectivity index (χ2v) is 4.18. The summed E-state index contributed by atoms with van der Waals surface area (Å²) >= 11 is 0. The molecule has 0 heterocycles. The standard InChI is InChI=1S/C13H22N2O/c1-5-9-15(10(2)3)11-7-6-8-12(16-4)13(11)14/h6-8,10H,5,9,14H2,1-4H3. The number of anilines is 2. The zero-order valence-electron chi connectivity index (χ0n) is 10.7. The van der Waals surface area contributed by atoms with E-state index in [1.54, 1.807) is 7.11 Å². The fourth-order valence-electron chi connectivity index (χ4n) is 1.86. The molecule has 0 amide bonds. The van der Waals surface area contributed by atoms with Gasteiger partial charge in [-0.15, -0.1) is 0 Å². The molecule has 0 radical (unpaired) electrons. The van der Waals surface area contributed by atoms with Crippen molar-refractivity contribution in [1.82, 2.24) is 0 Å². The number of nitrogens with two attached hydrogens (primary N) is 1. The third-order valence-corrected chi connectivity index (χ3v) is 2.66. The van der Waals surface area contributed by atoms with Crippen LogP contribution in [0.25, 0.3) is 0 Å². The van der Waals surface area contributed by atoms with Gasteiger partial charge in [0.2, 0.25) is 0 Å². The number of methoxy groups -OCH3 is 1. The molecule has 3 heteroatoms. The van der Waals surface area contributed by atoms with Gasteiger partial charge in [0.25, 0.3) is 0 Å². The number of hydrogen-bond donors (Lipinski definition) is 1. The maximum atomic E-state index is 6.10. The van der Waals surface area contributed by atoms with Crippen LogP contribution < -0.4 is 15.4 Å². The Labute approximate surface area is 98.2 Å². The van der Waals surface area contributed by atoms with Crippen molar-refractivity contribution in [3.63, 3.8) is 0 Å². The third-order valence-electron chi connectivity index (χ3n) is 2.66.